The molecule has 3 N–H and O–H groups in total. The molecule has 500 valence electrons. The van der Waals surface area contributed by atoms with E-state index in [-0.39, 0.29) is 38.6 Å². The molecule has 0 aliphatic rings. The summed E-state index contributed by atoms with van der Waals surface area (Å²) in [6.07, 6.45) is 100. The molecule has 10 heteroatoms. The molecule has 0 radical (unpaired) electrons. The smallest absolute Gasteiger partial charge is 0.462 e. The maximum Gasteiger partial charge on any atom is 0.472 e. The first-order valence-electron chi connectivity index (χ1n) is 36.0. The Morgan fingerprint density at radius 2 is 0.632 bits per heavy atom. The summed E-state index contributed by atoms with van der Waals surface area (Å²) in [6, 6.07) is 0. The van der Waals surface area contributed by atoms with Crippen LogP contribution in [0.25, 0.3) is 0 Å². The van der Waals surface area contributed by atoms with E-state index in [1.165, 1.54) is 173 Å². The monoisotopic (exact) mass is 1230 g/mol. The van der Waals surface area contributed by atoms with E-state index in [1.807, 2.05) is 0 Å². The highest BCUT2D eigenvalue weighted by Crippen LogP contribution is 2.43. The summed E-state index contributed by atoms with van der Waals surface area (Å²) in [4.78, 5) is 35.4. The third-order valence-electron chi connectivity index (χ3n) is 15.3. The van der Waals surface area contributed by atoms with Gasteiger partial charge in [-0.2, -0.15) is 0 Å². The van der Waals surface area contributed by atoms with Crippen molar-refractivity contribution < 1.29 is 37.6 Å². The van der Waals surface area contributed by atoms with Gasteiger partial charge in [-0.05, 0) is 109 Å². The van der Waals surface area contributed by atoms with Gasteiger partial charge in [0.15, 0.2) is 6.10 Å². The van der Waals surface area contributed by atoms with Crippen molar-refractivity contribution in [1.82, 2.24) is 0 Å². The molecule has 9 nitrogen and oxygen atoms in total. The predicted octanol–water partition coefficient (Wildman–Crippen LogP) is 23.9. The van der Waals surface area contributed by atoms with Crippen LogP contribution in [0.3, 0.4) is 0 Å². The topological polar surface area (TPSA) is 134 Å². The molecule has 0 aromatic rings. The Labute approximate surface area is 536 Å². The van der Waals surface area contributed by atoms with Crippen LogP contribution >= 0.6 is 7.82 Å². The molecule has 0 aromatic carbocycles. The minimum absolute atomic E-state index is 0.0461. The molecule has 0 bridgehead atoms. The fourth-order valence-corrected chi connectivity index (χ4v) is 10.8. The van der Waals surface area contributed by atoms with Crippen molar-refractivity contribution >= 4 is 19.8 Å². The van der Waals surface area contributed by atoms with E-state index in [0.717, 1.165) is 116 Å². The lowest BCUT2D eigenvalue weighted by Crippen LogP contribution is -2.29. The van der Waals surface area contributed by atoms with Crippen LogP contribution in [0.1, 0.15) is 322 Å². The number of phosphoric ester groups is 1. The molecule has 2 atom stereocenters. The van der Waals surface area contributed by atoms with E-state index in [4.69, 9.17) is 24.3 Å². The Balaban J connectivity index is 3.90. The van der Waals surface area contributed by atoms with E-state index in [1.54, 1.807) is 0 Å². The quantitative estimate of drug-likeness (QED) is 0.0264. The molecule has 0 amide bonds. The molecule has 0 aliphatic carbocycles. The fourth-order valence-electron chi connectivity index (χ4n) is 10.0. The molecule has 0 fully saturated rings. The van der Waals surface area contributed by atoms with Gasteiger partial charge in [-0.1, -0.05) is 322 Å². The van der Waals surface area contributed by atoms with E-state index < -0.39 is 26.5 Å². The first-order chi connectivity index (χ1) is 42.8. The lowest BCUT2D eigenvalue weighted by molar-refractivity contribution is -0.161. The number of ether oxygens (including phenoxy) is 2. The van der Waals surface area contributed by atoms with Gasteiger partial charge in [0.1, 0.15) is 6.61 Å². The zero-order chi connectivity index (χ0) is 63.0. The van der Waals surface area contributed by atoms with Gasteiger partial charge >= 0.3 is 19.8 Å². The van der Waals surface area contributed by atoms with Crippen LogP contribution in [0, 0.1) is 0 Å². The number of carbonyl (C=O) groups is 2. The van der Waals surface area contributed by atoms with Crippen LogP contribution < -0.4 is 5.73 Å². The van der Waals surface area contributed by atoms with Crippen LogP contribution in [-0.4, -0.2) is 49.3 Å². The van der Waals surface area contributed by atoms with E-state index in [9.17, 15) is 19.0 Å². The van der Waals surface area contributed by atoms with Gasteiger partial charge in [-0.25, -0.2) is 4.57 Å². The van der Waals surface area contributed by atoms with Gasteiger partial charge in [0, 0.05) is 19.4 Å². The number of hydrogen-bond donors (Lipinski definition) is 2. The van der Waals surface area contributed by atoms with E-state index >= 15 is 0 Å². The van der Waals surface area contributed by atoms with Crippen molar-refractivity contribution in [1.29, 1.82) is 0 Å². The maximum atomic E-state index is 12.8. The van der Waals surface area contributed by atoms with Gasteiger partial charge in [-0.15, -0.1) is 0 Å². The highest BCUT2D eigenvalue weighted by Gasteiger charge is 2.26. The van der Waals surface area contributed by atoms with Gasteiger partial charge in [0.05, 0.1) is 13.2 Å². The molecule has 0 rings (SSSR count). The molecular formula is C77H134NO8P. The van der Waals surface area contributed by atoms with Crippen molar-refractivity contribution in [2.75, 3.05) is 26.4 Å². The first-order valence-corrected chi connectivity index (χ1v) is 37.5. The van der Waals surface area contributed by atoms with Crippen LogP contribution in [-0.2, 0) is 32.7 Å². The molecule has 0 saturated carbocycles. The lowest BCUT2D eigenvalue weighted by atomic mass is 10.0. The Morgan fingerprint density at radius 1 is 0.356 bits per heavy atom. The average molecular weight is 1230 g/mol. The van der Waals surface area contributed by atoms with E-state index in [0.29, 0.717) is 6.42 Å². The molecule has 0 heterocycles. The third kappa shape index (κ3) is 71.4. The SMILES string of the molecule is CC/C=C\C/C=C\C/C=C\C/C=C\C/C=C\C/C=C\C/C=C\C/C=C\CCCCCCCCC(=O)OC(COC(=O)CCCCCCCCCCCCCCCCCCCCCCCCC/C=C\C/C=C\CCCCCCC)COP(=O)(O)OCCN. The van der Waals surface area contributed by atoms with E-state index in [2.05, 4.69) is 135 Å². The van der Waals surface area contributed by atoms with Crippen molar-refractivity contribution in [2.24, 2.45) is 5.73 Å². The highest BCUT2D eigenvalue weighted by molar-refractivity contribution is 7.47. The van der Waals surface area contributed by atoms with Gasteiger partial charge < -0.3 is 20.1 Å². The number of allylic oxidation sites excluding steroid dienone is 20. The summed E-state index contributed by atoms with van der Waals surface area (Å²) in [7, 11) is -4.41. The second-order valence-corrected chi connectivity index (χ2v) is 25.2. The molecule has 0 saturated heterocycles. The number of rotatable bonds is 67. The molecule has 87 heavy (non-hydrogen) atoms. The Morgan fingerprint density at radius 3 is 0.943 bits per heavy atom. The number of unbranched alkanes of at least 4 members (excludes halogenated alkanes) is 34. The van der Waals surface area contributed by atoms with Crippen molar-refractivity contribution in [3.63, 3.8) is 0 Å². The van der Waals surface area contributed by atoms with Crippen LogP contribution in [0.5, 0.6) is 0 Å². The first kappa shape index (κ1) is 83.4. The van der Waals surface area contributed by atoms with Gasteiger partial charge in [-0.3, -0.25) is 18.6 Å². The highest BCUT2D eigenvalue weighted by atomic mass is 31.2. The van der Waals surface area contributed by atoms with Crippen molar-refractivity contribution in [2.45, 2.75) is 328 Å². The summed E-state index contributed by atoms with van der Waals surface area (Å²) in [6.45, 7) is 3.63. The van der Waals surface area contributed by atoms with Crippen LogP contribution in [0.4, 0.5) is 0 Å². The van der Waals surface area contributed by atoms with Crippen LogP contribution in [0.2, 0.25) is 0 Å². The number of esters is 2. The standard InChI is InChI=1S/C77H134NO8P/c1-3-5-7-9-11-13-15-17-19-21-23-25-27-29-31-33-35-36-37-38-40-41-43-45-47-49-51-53-55-57-59-61-63-65-67-69-76(79)83-73-75(74-85-87(81,82)84-72-71-78)86-77(80)70-68-66-64-62-60-58-56-54-52-50-48-46-44-42-39-34-32-30-28-26-24-22-20-18-16-14-12-10-8-6-4-2/h6,8,12,14-15,17-18,20-21,23-24,26,30,32,39,42,46,48,52,54,75H,3-5,7,9-11,13,16,19,22,25,27-29,31,33-38,40-41,43-45,47,49-51,53,55-74,78H2,1-2H3,(H,81,82)/b8-6-,14-12-,17-15-,20-18-,23-21-,26-24-,32-30-,42-39-,48-46-,54-52-. The Hall–Kier alpha value is -3.59. The predicted molar refractivity (Wildman–Crippen MR) is 376 cm³/mol. The number of nitrogens with two attached hydrogens (primary N) is 1. The summed E-state index contributed by atoms with van der Waals surface area (Å²) in [5, 5.41) is 0. The molecule has 2 unspecified atom stereocenters. The summed E-state index contributed by atoms with van der Waals surface area (Å²) < 4.78 is 33.2. The molecular weight excluding hydrogens is 1100 g/mol. The zero-order valence-corrected chi connectivity index (χ0v) is 57.1. The maximum absolute atomic E-state index is 12.8. The Bertz CT molecular complexity index is 1840. The molecule has 0 spiro atoms. The summed E-state index contributed by atoms with van der Waals surface area (Å²) in [5.41, 5.74) is 5.40. The van der Waals surface area contributed by atoms with Crippen LogP contribution in [0.15, 0.2) is 122 Å². The van der Waals surface area contributed by atoms with Crippen molar-refractivity contribution in [3.05, 3.63) is 122 Å². The largest absolute Gasteiger partial charge is 0.472 e. The number of carbonyl (C=O) groups excluding carboxylic acids is 2. The minimum atomic E-state index is -4.41. The Kier molecular flexibility index (Phi) is 68.5. The fraction of sp³-hybridized carbons (Fsp3) is 0.714. The van der Waals surface area contributed by atoms with Gasteiger partial charge in [0.2, 0.25) is 0 Å². The molecule has 0 aliphatic heterocycles. The normalized spacial score (nSPS) is 13.7. The molecule has 0 aromatic heterocycles. The second-order valence-electron chi connectivity index (χ2n) is 23.7. The lowest BCUT2D eigenvalue weighted by Gasteiger charge is -2.19. The number of hydrogen-bond acceptors (Lipinski definition) is 8. The minimum Gasteiger partial charge on any atom is -0.462 e. The average Bonchev–Trinajstić information content (AvgIpc) is 3.66. The zero-order valence-electron chi connectivity index (χ0n) is 56.2. The van der Waals surface area contributed by atoms with Crippen molar-refractivity contribution in [3.8, 4) is 0 Å². The summed E-state index contributed by atoms with van der Waals surface area (Å²) in [5.74, 6) is -0.840. The van der Waals surface area contributed by atoms with Gasteiger partial charge in [0.25, 0.3) is 0 Å². The third-order valence-corrected chi connectivity index (χ3v) is 16.3. The second kappa shape index (κ2) is 71.5. The summed E-state index contributed by atoms with van der Waals surface area (Å²) >= 11 is 0. The number of phosphoric acid groups is 1.